The van der Waals surface area contributed by atoms with Crippen LogP contribution < -0.4 is 4.74 Å². The van der Waals surface area contributed by atoms with Crippen LogP contribution >= 0.6 is 0 Å². The lowest BCUT2D eigenvalue weighted by Gasteiger charge is -2.12. The number of aromatic nitrogens is 3. The lowest BCUT2D eigenvalue weighted by atomic mass is 10.1. The maximum atomic E-state index is 10.6. The highest BCUT2D eigenvalue weighted by Crippen LogP contribution is 2.33. The largest absolute Gasteiger partial charge is 0.507 e. The molecule has 0 fully saturated rings. The molecule has 0 aliphatic heterocycles. The van der Waals surface area contributed by atoms with Crippen LogP contribution in [0, 0.1) is 13.8 Å². The Balaban J connectivity index is 1.93. The molecule has 1 N–H and O–H groups in total. The molecule has 0 unspecified atom stereocenters. The minimum atomic E-state index is 0.0682. The number of benzene rings is 3. The number of phenolic OH excluding ortho intramolecular Hbond substituents is 1. The van der Waals surface area contributed by atoms with E-state index >= 15 is 0 Å². The summed E-state index contributed by atoms with van der Waals surface area (Å²) in [5.41, 5.74) is 4.54. The quantitative estimate of drug-likeness (QED) is 0.475. The first-order chi connectivity index (χ1) is 14.6. The summed E-state index contributed by atoms with van der Waals surface area (Å²) in [5, 5.41) is 10.6. The van der Waals surface area contributed by atoms with Gasteiger partial charge in [-0.25, -0.2) is 15.0 Å². The fourth-order valence-electron chi connectivity index (χ4n) is 3.34. The topological polar surface area (TPSA) is 68.1 Å². The highest BCUT2D eigenvalue weighted by molar-refractivity contribution is 5.72. The molecule has 0 amide bonds. The lowest BCUT2D eigenvalue weighted by Crippen LogP contribution is -2.02. The maximum absolute atomic E-state index is 10.6. The predicted octanol–water partition coefficient (Wildman–Crippen LogP) is 5.59. The molecule has 30 heavy (non-hydrogen) atoms. The molecular formula is C25H23N3O2. The molecule has 1 heterocycles. The Morgan fingerprint density at radius 2 is 1.20 bits per heavy atom. The molecule has 150 valence electrons. The smallest absolute Gasteiger partial charge is 0.167 e. The maximum Gasteiger partial charge on any atom is 0.167 e. The lowest BCUT2D eigenvalue weighted by molar-refractivity contribution is 0.338. The molecule has 4 rings (SSSR count). The zero-order valence-electron chi connectivity index (χ0n) is 17.3. The van der Waals surface area contributed by atoms with Gasteiger partial charge in [-0.05, 0) is 44.0 Å². The Hall–Kier alpha value is -3.73. The van der Waals surface area contributed by atoms with E-state index in [4.69, 9.17) is 19.7 Å². The van der Waals surface area contributed by atoms with Crippen molar-refractivity contribution in [3.8, 4) is 45.7 Å². The molecule has 3 aromatic carbocycles. The van der Waals surface area contributed by atoms with E-state index in [1.165, 1.54) is 0 Å². The number of nitrogens with zero attached hydrogens (tertiary/aromatic N) is 3. The highest BCUT2D eigenvalue weighted by Gasteiger charge is 2.16. The van der Waals surface area contributed by atoms with Gasteiger partial charge in [-0.3, -0.25) is 0 Å². The number of hydrogen-bond donors (Lipinski definition) is 1. The first kappa shape index (κ1) is 19.6. The molecule has 0 aliphatic rings. The molecule has 4 aromatic rings. The van der Waals surface area contributed by atoms with Gasteiger partial charge in [0.25, 0.3) is 0 Å². The predicted molar refractivity (Wildman–Crippen MR) is 118 cm³/mol. The Bertz CT molecular complexity index is 1140. The molecule has 5 nitrogen and oxygen atoms in total. The second-order valence-corrected chi connectivity index (χ2v) is 7.05. The number of ether oxygens (including phenoxy) is 1. The summed E-state index contributed by atoms with van der Waals surface area (Å²) in [5.74, 6) is 2.24. The van der Waals surface area contributed by atoms with Crippen molar-refractivity contribution in [3.05, 3.63) is 77.9 Å². The Morgan fingerprint density at radius 3 is 1.67 bits per heavy atom. The second-order valence-electron chi connectivity index (χ2n) is 7.05. The van der Waals surface area contributed by atoms with Gasteiger partial charge >= 0.3 is 0 Å². The summed E-state index contributed by atoms with van der Waals surface area (Å²) in [7, 11) is 0. The third-order valence-electron chi connectivity index (χ3n) is 4.93. The zero-order valence-corrected chi connectivity index (χ0v) is 17.3. The number of rotatable bonds is 5. The number of phenols is 1. The van der Waals surface area contributed by atoms with E-state index in [9.17, 15) is 5.11 Å². The van der Waals surface area contributed by atoms with Crippen LogP contribution in [0.4, 0.5) is 0 Å². The van der Waals surface area contributed by atoms with Gasteiger partial charge in [0.05, 0.1) is 12.2 Å². The molecule has 0 radical (unpaired) electrons. The van der Waals surface area contributed by atoms with Crippen LogP contribution in [0.2, 0.25) is 0 Å². The van der Waals surface area contributed by atoms with Crippen molar-refractivity contribution < 1.29 is 9.84 Å². The summed E-state index contributed by atoms with van der Waals surface area (Å²) < 4.78 is 5.48. The van der Waals surface area contributed by atoms with Gasteiger partial charge in [0.1, 0.15) is 11.5 Å². The Labute approximate surface area is 176 Å². The van der Waals surface area contributed by atoms with Gasteiger partial charge in [-0.1, -0.05) is 48.5 Å². The molecule has 0 spiro atoms. The molecule has 0 aliphatic carbocycles. The van der Waals surface area contributed by atoms with E-state index in [0.717, 1.165) is 22.3 Å². The molecule has 0 atom stereocenters. The zero-order chi connectivity index (χ0) is 21.1. The monoisotopic (exact) mass is 397 g/mol. The van der Waals surface area contributed by atoms with E-state index in [0.29, 0.717) is 35.4 Å². The van der Waals surface area contributed by atoms with E-state index in [1.54, 1.807) is 12.1 Å². The van der Waals surface area contributed by atoms with Gasteiger partial charge < -0.3 is 9.84 Å². The first-order valence-electron chi connectivity index (χ1n) is 9.91. The third-order valence-corrected chi connectivity index (χ3v) is 4.93. The Kier molecular flexibility index (Phi) is 5.44. The molecule has 5 heteroatoms. The van der Waals surface area contributed by atoms with Crippen molar-refractivity contribution in [3.63, 3.8) is 0 Å². The van der Waals surface area contributed by atoms with Crippen LogP contribution in [0.5, 0.6) is 11.5 Å². The summed E-state index contributed by atoms with van der Waals surface area (Å²) in [6, 6.07) is 21.1. The molecule has 0 saturated carbocycles. The minimum Gasteiger partial charge on any atom is -0.507 e. The van der Waals surface area contributed by atoms with Gasteiger partial charge in [-0.2, -0.15) is 0 Å². The molecule has 0 bridgehead atoms. The number of aryl methyl sites for hydroxylation is 2. The van der Waals surface area contributed by atoms with Crippen LogP contribution in [-0.2, 0) is 0 Å². The fourth-order valence-corrected chi connectivity index (χ4v) is 3.34. The van der Waals surface area contributed by atoms with Crippen LogP contribution in [0.3, 0.4) is 0 Å². The average molecular weight is 397 g/mol. The second kappa shape index (κ2) is 8.33. The minimum absolute atomic E-state index is 0.0682. The highest BCUT2D eigenvalue weighted by atomic mass is 16.5. The summed E-state index contributed by atoms with van der Waals surface area (Å²) >= 11 is 0. The molecular weight excluding hydrogens is 374 g/mol. The Morgan fingerprint density at radius 1 is 0.700 bits per heavy atom. The summed E-state index contributed by atoms with van der Waals surface area (Å²) in [6.07, 6.45) is 0. The van der Waals surface area contributed by atoms with Crippen molar-refractivity contribution in [2.45, 2.75) is 20.8 Å². The van der Waals surface area contributed by atoms with E-state index in [-0.39, 0.29) is 5.75 Å². The van der Waals surface area contributed by atoms with E-state index in [2.05, 4.69) is 0 Å². The molecule has 0 saturated heterocycles. The normalized spacial score (nSPS) is 10.8. The van der Waals surface area contributed by atoms with E-state index < -0.39 is 0 Å². The van der Waals surface area contributed by atoms with Crippen LogP contribution in [-0.4, -0.2) is 26.7 Å². The van der Waals surface area contributed by atoms with Gasteiger partial charge in [0.2, 0.25) is 0 Å². The van der Waals surface area contributed by atoms with Gasteiger partial charge in [0.15, 0.2) is 17.5 Å². The van der Waals surface area contributed by atoms with Crippen LogP contribution in [0.1, 0.15) is 18.1 Å². The van der Waals surface area contributed by atoms with Crippen molar-refractivity contribution >= 4 is 0 Å². The van der Waals surface area contributed by atoms with Crippen LogP contribution in [0.25, 0.3) is 34.2 Å². The molecule has 1 aromatic heterocycles. The summed E-state index contributed by atoms with van der Waals surface area (Å²) in [4.78, 5) is 14.2. The van der Waals surface area contributed by atoms with Crippen molar-refractivity contribution in [1.29, 1.82) is 0 Å². The van der Waals surface area contributed by atoms with Gasteiger partial charge in [-0.15, -0.1) is 0 Å². The standard InChI is InChI=1S/C25H23N3O2/c1-4-30-18-13-14-21(22(29)15-18)25-27-23(19-11-7-5-9-16(19)2)26-24(28-25)20-12-8-6-10-17(20)3/h5-15,29H,4H2,1-3H3. The summed E-state index contributed by atoms with van der Waals surface area (Å²) in [6.45, 7) is 6.49. The SMILES string of the molecule is CCOc1ccc(-c2nc(-c3ccccc3C)nc(-c3ccccc3C)n2)c(O)c1. The fraction of sp³-hybridized carbons (Fsp3) is 0.160. The van der Waals surface area contributed by atoms with E-state index in [1.807, 2.05) is 75.4 Å². The number of aromatic hydroxyl groups is 1. The van der Waals surface area contributed by atoms with Gasteiger partial charge in [0, 0.05) is 17.2 Å². The van der Waals surface area contributed by atoms with Crippen molar-refractivity contribution in [2.75, 3.05) is 6.61 Å². The van der Waals surface area contributed by atoms with Crippen molar-refractivity contribution in [2.24, 2.45) is 0 Å². The average Bonchev–Trinajstić information content (AvgIpc) is 2.74. The first-order valence-corrected chi connectivity index (χ1v) is 9.91. The third kappa shape index (κ3) is 3.87. The number of hydrogen-bond acceptors (Lipinski definition) is 5. The van der Waals surface area contributed by atoms with Crippen LogP contribution in [0.15, 0.2) is 66.7 Å². The van der Waals surface area contributed by atoms with Crippen molar-refractivity contribution in [1.82, 2.24) is 15.0 Å².